The minimum Gasteiger partial charge on any atom is -0.394 e. The van der Waals surface area contributed by atoms with Crippen molar-refractivity contribution in [3.63, 3.8) is 0 Å². The third-order valence-electron chi connectivity index (χ3n) is 3.04. The van der Waals surface area contributed by atoms with Crippen LogP contribution in [-0.2, 0) is 0 Å². The molecule has 2 rings (SSSR count). The van der Waals surface area contributed by atoms with E-state index in [1.54, 1.807) is 0 Å². The van der Waals surface area contributed by atoms with Gasteiger partial charge in [-0.05, 0) is 43.9 Å². The first-order valence-corrected chi connectivity index (χ1v) is 5.20. The van der Waals surface area contributed by atoms with E-state index in [0.29, 0.717) is 0 Å². The van der Waals surface area contributed by atoms with Crippen molar-refractivity contribution in [3.05, 3.63) is 29.8 Å². The molecule has 0 aliphatic heterocycles. The van der Waals surface area contributed by atoms with Crippen LogP contribution in [0.5, 0.6) is 0 Å². The molecule has 0 amide bonds. The van der Waals surface area contributed by atoms with E-state index in [-0.39, 0.29) is 12.1 Å². The van der Waals surface area contributed by atoms with Gasteiger partial charge in [0.05, 0.1) is 12.1 Å². The lowest BCUT2D eigenvalue weighted by Crippen LogP contribution is -2.48. The van der Waals surface area contributed by atoms with E-state index in [9.17, 15) is 5.11 Å². The van der Waals surface area contributed by atoms with Gasteiger partial charge >= 0.3 is 0 Å². The SMILES string of the molecule is Cc1cccc(NC2(CO)CCC2)c1. The highest BCUT2D eigenvalue weighted by atomic mass is 16.3. The molecule has 0 atom stereocenters. The van der Waals surface area contributed by atoms with Crippen LogP contribution in [0, 0.1) is 6.92 Å². The molecule has 2 heteroatoms. The van der Waals surface area contributed by atoms with Crippen LogP contribution in [0.3, 0.4) is 0 Å². The zero-order chi connectivity index (χ0) is 10.0. The van der Waals surface area contributed by atoms with Crippen LogP contribution in [0.15, 0.2) is 24.3 Å². The van der Waals surface area contributed by atoms with Gasteiger partial charge in [0.15, 0.2) is 0 Å². The fourth-order valence-corrected chi connectivity index (χ4v) is 1.96. The fourth-order valence-electron chi connectivity index (χ4n) is 1.96. The summed E-state index contributed by atoms with van der Waals surface area (Å²) >= 11 is 0. The van der Waals surface area contributed by atoms with Gasteiger partial charge in [0.25, 0.3) is 0 Å². The summed E-state index contributed by atoms with van der Waals surface area (Å²) in [7, 11) is 0. The highest BCUT2D eigenvalue weighted by Crippen LogP contribution is 2.34. The highest BCUT2D eigenvalue weighted by molar-refractivity contribution is 5.48. The van der Waals surface area contributed by atoms with Gasteiger partial charge in [-0.25, -0.2) is 0 Å². The molecule has 1 aliphatic rings. The van der Waals surface area contributed by atoms with Crippen molar-refractivity contribution in [1.82, 2.24) is 0 Å². The molecular formula is C12H17NO. The number of hydrogen-bond acceptors (Lipinski definition) is 2. The van der Waals surface area contributed by atoms with E-state index in [1.807, 2.05) is 6.07 Å². The van der Waals surface area contributed by atoms with Crippen molar-refractivity contribution in [2.24, 2.45) is 0 Å². The van der Waals surface area contributed by atoms with Gasteiger partial charge in [0.2, 0.25) is 0 Å². The number of hydrogen-bond donors (Lipinski definition) is 2. The monoisotopic (exact) mass is 191 g/mol. The van der Waals surface area contributed by atoms with Gasteiger partial charge in [0.1, 0.15) is 0 Å². The first-order valence-electron chi connectivity index (χ1n) is 5.20. The summed E-state index contributed by atoms with van der Waals surface area (Å²) in [5, 5.41) is 12.7. The van der Waals surface area contributed by atoms with Crippen molar-refractivity contribution in [2.75, 3.05) is 11.9 Å². The Morgan fingerprint density at radius 1 is 1.43 bits per heavy atom. The standard InChI is InChI=1S/C12H17NO/c1-10-4-2-5-11(8-10)13-12(9-14)6-3-7-12/h2,4-5,8,13-14H,3,6-7,9H2,1H3. The quantitative estimate of drug-likeness (QED) is 0.768. The van der Waals surface area contributed by atoms with Crippen molar-refractivity contribution in [3.8, 4) is 0 Å². The van der Waals surface area contributed by atoms with Gasteiger partial charge in [-0.1, -0.05) is 12.1 Å². The zero-order valence-corrected chi connectivity index (χ0v) is 8.59. The Balaban J connectivity index is 2.09. The third-order valence-corrected chi connectivity index (χ3v) is 3.04. The molecule has 0 bridgehead atoms. The first-order chi connectivity index (χ1) is 6.74. The second-order valence-corrected chi connectivity index (χ2v) is 4.29. The molecule has 1 aromatic rings. The Hall–Kier alpha value is -1.02. The summed E-state index contributed by atoms with van der Waals surface area (Å²) in [5.74, 6) is 0. The summed E-state index contributed by atoms with van der Waals surface area (Å²) in [6.07, 6.45) is 3.38. The molecule has 0 spiro atoms. The maximum atomic E-state index is 9.30. The van der Waals surface area contributed by atoms with Crippen molar-refractivity contribution in [1.29, 1.82) is 0 Å². The van der Waals surface area contributed by atoms with Gasteiger partial charge < -0.3 is 10.4 Å². The molecule has 0 radical (unpaired) electrons. The van der Waals surface area contributed by atoms with E-state index < -0.39 is 0 Å². The average molecular weight is 191 g/mol. The molecule has 1 aliphatic carbocycles. The van der Waals surface area contributed by atoms with Crippen LogP contribution in [0.1, 0.15) is 24.8 Å². The molecule has 1 saturated carbocycles. The average Bonchev–Trinajstić information content (AvgIpc) is 2.11. The van der Waals surface area contributed by atoms with E-state index in [0.717, 1.165) is 18.5 Å². The van der Waals surface area contributed by atoms with E-state index in [2.05, 4.69) is 30.4 Å². The number of aliphatic hydroxyl groups excluding tert-OH is 1. The Morgan fingerprint density at radius 2 is 2.21 bits per heavy atom. The van der Waals surface area contributed by atoms with Crippen LogP contribution in [0.25, 0.3) is 0 Å². The van der Waals surface area contributed by atoms with Crippen LogP contribution in [-0.4, -0.2) is 17.3 Å². The van der Waals surface area contributed by atoms with E-state index in [4.69, 9.17) is 0 Å². The smallest absolute Gasteiger partial charge is 0.0661 e. The van der Waals surface area contributed by atoms with Crippen molar-refractivity contribution < 1.29 is 5.11 Å². The summed E-state index contributed by atoms with van der Waals surface area (Å²) in [6.45, 7) is 2.32. The number of anilines is 1. The van der Waals surface area contributed by atoms with E-state index >= 15 is 0 Å². The Labute approximate surface area is 85.0 Å². The molecule has 14 heavy (non-hydrogen) atoms. The van der Waals surface area contributed by atoms with Gasteiger partial charge in [-0.2, -0.15) is 0 Å². The summed E-state index contributed by atoms with van der Waals surface area (Å²) in [6, 6.07) is 8.30. The molecule has 76 valence electrons. The predicted molar refractivity (Wildman–Crippen MR) is 58.5 cm³/mol. The number of aliphatic hydroxyl groups is 1. The van der Waals surface area contributed by atoms with Crippen LogP contribution < -0.4 is 5.32 Å². The maximum Gasteiger partial charge on any atom is 0.0661 e. The molecule has 0 aromatic heterocycles. The number of rotatable bonds is 3. The summed E-state index contributed by atoms with van der Waals surface area (Å²) in [4.78, 5) is 0. The number of aryl methyl sites for hydroxylation is 1. The molecule has 2 nitrogen and oxygen atoms in total. The summed E-state index contributed by atoms with van der Waals surface area (Å²) < 4.78 is 0. The second-order valence-electron chi connectivity index (χ2n) is 4.29. The number of benzene rings is 1. The lowest BCUT2D eigenvalue weighted by molar-refractivity contribution is 0.144. The Kier molecular flexibility index (Phi) is 2.46. The lowest BCUT2D eigenvalue weighted by Gasteiger charge is -2.41. The minimum atomic E-state index is -0.0339. The lowest BCUT2D eigenvalue weighted by atomic mass is 9.77. The molecule has 2 N–H and O–H groups in total. The second kappa shape index (κ2) is 3.62. The highest BCUT2D eigenvalue weighted by Gasteiger charge is 2.35. The minimum absolute atomic E-state index is 0.0339. The predicted octanol–water partition coefficient (Wildman–Crippen LogP) is 2.32. The number of nitrogens with one attached hydrogen (secondary N) is 1. The molecule has 1 aromatic carbocycles. The largest absolute Gasteiger partial charge is 0.394 e. The van der Waals surface area contributed by atoms with E-state index in [1.165, 1.54) is 12.0 Å². The Bertz CT molecular complexity index is 312. The zero-order valence-electron chi connectivity index (χ0n) is 8.59. The van der Waals surface area contributed by atoms with Crippen LogP contribution >= 0.6 is 0 Å². The molecular weight excluding hydrogens is 174 g/mol. The van der Waals surface area contributed by atoms with Gasteiger partial charge in [-0.15, -0.1) is 0 Å². The molecule has 1 fully saturated rings. The summed E-state index contributed by atoms with van der Waals surface area (Å²) in [5.41, 5.74) is 2.34. The van der Waals surface area contributed by atoms with Gasteiger partial charge in [-0.3, -0.25) is 0 Å². The topological polar surface area (TPSA) is 32.3 Å². The molecule has 0 heterocycles. The van der Waals surface area contributed by atoms with Crippen LogP contribution in [0.4, 0.5) is 5.69 Å². The van der Waals surface area contributed by atoms with Crippen LogP contribution in [0.2, 0.25) is 0 Å². The molecule has 0 saturated heterocycles. The van der Waals surface area contributed by atoms with Gasteiger partial charge in [0, 0.05) is 5.69 Å². The molecule has 0 unspecified atom stereocenters. The van der Waals surface area contributed by atoms with Crippen molar-refractivity contribution >= 4 is 5.69 Å². The third kappa shape index (κ3) is 1.75. The first kappa shape index (κ1) is 9.53. The normalized spacial score (nSPS) is 18.7. The maximum absolute atomic E-state index is 9.30. The Morgan fingerprint density at radius 3 is 2.71 bits per heavy atom. The fraction of sp³-hybridized carbons (Fsp3) is 0.500. The van der Waals surface area contributed by atoms with Crippen molar-refractivity contribution in [2.45, 2.75) is 31.7 Å².